The van der Waals surface area contributed by atoms with Crippen molar-refractivity contribution >= 4 is 5.91 Å². The van der Waals surface area contributed by atoms with Crippen molar-refractivity contribution in [2.75, 3.05) is 6.54 Å². The van der Waals surface area contributed by atoms with E-state index >= 15 is 0 Å². The Hall–Kier alpha value is -3.21. The summed E-state index contributed by atoms with van der Waals surface area (Å²) in [5, 5.41) is 10.8. The van der Waals surface area contributed by atoms with Crippen LogP contribution in [0.1, 0.15) is 43.4 Å². The number of hydrogen-bond donors (Lipinski definition) is 1. The maximum atomic E-state index is 13.0. The minimum atomic E-state index is -4.47. The van der Waals surface area contributed by atoms with E-state index in [1.165, 1.54) is 18.3 Å². The maximum Gasteiger partial charge on any atom is 0.416 e. The van der Waals surface area contributed by atoms with E-state index < -0.39 is 17.6 Å². The number of benzene rings is 1. The van der Waals surface area contributed by atoms with Gasteiger partial charge in [-0.05, 0) is 39.3 Å². The number of hydrogen-bond acceptors (Lipinski definition) is 6. The summed E-state index contributed by atoms with van der Waals surface area (Å²) in [5.74, 6) is -0.601. The van der Waals surface area contributed by atoms with Crippen molar-refractivity contribution in [2.45, 2.75) is 57.5 Å². The normalized spacial score (nSPS) is 19.7. The molecule has 2 aromatic heterocycles. The quantitative estimate of drug-likeness (QED) is 0.623. The van der Waals surface area contributed by atoms with Gasteiger partial charge in [0.05, 0.1) is 24.5 Å². The Balaban J connectivity index is 1.45. The number of nitrogens with zero attached hydrogens (tertiary/aromatic N) is 5. The molecule has 1 N–H and O–H groups in total. The van der Waals surface area contributed by atoms with Gasteiger partial charge in [-0.15, -0.1) is 5.10 Å². The topological polar surface area (TPSA) is 89.1 Å². The molecule has 1 aromatic carbocycles. The van der Waals surface area contributed by atoms with Crippen molar-refractivity contribution < 1.29 is 22.4 Å². The van der Waals surface area contributed by atoms with E-state index in [0.717, 1.165) is 12.1 Å². The Morgan fingerprint density at radius 2 is 2.06 bits per heavy atom. The molecule has 11 heteroatoms. The first-order valence-corrected chi connectivity index (χ1v) is 10.6. The summed E-state index contributed by atoms with van der Waals surface area (Å²) in [4.78, 5) is 19.0. The summed E-state index contributed by atoms with van der Waals surface area (Å²) in [6.07, 6.45) is 0.910. The largest absolute Gasteiger partial charge is 0.432 e. The van der Waals surface area contributed by atoms with E-state index in [4.69, 9.17) is 4.42 Å². The number of halogens is 3. The van der Waals surface area contributed by atoms with Gasteiger partial charge in [0, 0.05) is 35.9 Å². The predicted molar refractivity (Wildman–Crippen MR) is 113 cm³/mol. The fraction of sp³-hybridized carbons (Fsp3) is 0.455. The highest BCUT2D eigenvalue weighted by Crippen LogP contribution is 2.32. The first-order chi connectivity index (χ1) is 15.5. The van der Waals surface area contributed by atoms with Crippen LogP contribution in [0.4, 0.5) is 13.2 Å². The molecule has 0 unspecified atom stereocenters. The van der Waals surface area contributed by atoms with Crippen molar-refractivity contribution in [2.24, 2.45) is 0 Å². The second kappa shape index (κ2) is 8.62. The third-order valence-electron chi connectivity index (χ3n) is 5.66. The van der Waals surface area contributed by atoms with Crippen LogP contribution in [0, 0.1) is 0 Å². The summed E-state index contributed by atoms with van der Waals surface area (Å²) < 4.78 is 46.2. The van der Waals surface area contributed by atoms with Crippen LogP contribution in [0.25, 0.3) is 11.3 Å². The Morgan fingerprint density at radius 1 is 1.27 bits per heavy atom. The highest BCUT2D eigenvalue weighted by molar-refractivity contribution is 5.90. The van der Waals surface area contributed by atoms with Gasteiger partial charge in [0.2, 0.25) is 0 Å². The number of nitrogens with one attached hydrogen (secondary N) is 1. The lowest BCUT2D eigenvalue weighted by Gasteiger charge is -2.36. The monoisotopic (exact) mass is 462 g/mol. The second-order valence-electron chi connectivity index (χ2n) is 9.12. The molecular weight excluding hydrogens is 437 g/mol. The zero-order chi connectivity index (χ0) is 23.8. The van der Waals surface area contributed by atoms with Crippen LogP contribution in [0.15, 0.2) is 47.3 Å². The number of aromatic nitrogens is 4. The fourth-order valence-corrected chi connectivity index (χ4v) is 4.17. The lowest BCUT2D eigenvalue weighted by Crippen LogP contribution is -2.47. The molecule has 3 heterocycles. The Morgan fingerprint density at radius 3 is 2.73 bits per heavy atom. The van der Waals surface area contributed by atoms with Gasteiger partial charge >= 0.3 is 12.1 Å². The van der Waals surface area contributed by atoms with Crippen LogP contribution in [0.5, 0.6) is 0 Å². The van der Waals surface area contributed by atoms with Crippen molar-refractivity contribution in [1.29, 1.82) is 0 Å². The van der Waals surface area contributed by atoms with Crippen LogP contribution in [-0.2, 0) is 12.7 Å². The molecule has 0 bridgehead atoms. The Labute approximate surface area is 188 Å². The molecule has 3 aromatic rings. The van der Waals surface area contributed by atoms with Gasteiger partial charge in [-0.1, -0.05) is 17.3 Å². The summed E-state index contributed by atoms with van der Waals surface area (Å²) in [6, 6.07) is 4.70. The summed E-state index contributed by atoms with van der Waals surface area (Å²) >= 11 is 0. The van der Waals surface area contributed by atoms with Crippen LogP contribution >= 0.6 is 0 Å². The van der Waals surface area contributed by atoms with Crippen molar-refractivity contribution in [3.63, 3.8) is 0 Å². The molecule has 4 rings (SSSR count). The Kier molecular flexibility index (Phi) is 6.00. The van der Waals surface area contributed by atoms with E-state index in [9.17, 15) is 18.0 Å². The Bertz CT molecular complexity index is 1100. The molecule has 1 aliphatic heterocycles. The number of oxazole rings is 1. The van der Waals surface area contributed by atoms with Crippen LogP contribution in [0.3, 0.4) is 0 Å². The molecule has 0 radical (unpaired) electrons. The van der Waals surface area contributed by atoms with Crippen LogP contribution in [0.2, 0.25) is 0 Å². The number of alkyl halides is 3. The molecule has 8 nitrogen and oxygen atoms in total. The number of amides is 1. The van der Waals surface area contributed by atoms with Gasteiger partial charge in [-0.3, -0.25) is 14.4 Å². The highest BCUT2D eigenvalue weighted by Gasteiger charge is 2.39. The van der Waals surface area contributed by atoms with E-state index in [-0.39, 0.29) is 34.8 Å². The zero-order valence-corrected chi connectivity index (χ0v) is 18.5. The van der Waals surface area contributed by atoms with Crippen molar-refractivity contribution in [3.05, 3.63) is 54.3 Å². The molecule has 176 valence electrons. The molecular formula is C22H25F3N6O2. The van der Waals surface area contributed by atoms with Crippen molar-refractivity contribution in [3.8, 4) is 11.3 Å². The zero-order valence-electron chi connectivity index (χ0n) is 18.5. The van der Waals surface area contributed by atoms with Gasteiger partial charge in [0.1, 0.15) is 0 Å². The minimum absolute atomic E-state index is 0.0954. The molecule has 2 atom stereocenters. The third kappa shape index (κ3) is 5.24. The molecule has 1 amide bonds. The van der Waals surface area contributed by atoms with Gasteiger partial charge in [0.15, 0.2) is 5.76 Å². The lowest BCUT2D eigenvalue weighted by molar-refractivity contribution is -0.137. The van der Waals surface area contributed by atoms with E-state index in [0.29, 0.717) is 19.5 Å². The van der Waals surface area contributed by atoms with Gasteiger partial charge in [-0.2, -0.15) is 13.2 Å². The lowest BCUT2D eigenvalue weighted by atomic mass is 10.0. The molecule has 33 heavy (non-hydrogen) atoms. The van der Waals surface area contributed by atoms with Gasteiger partial charge in [-0.25, -0.2) is 4.98 Å². The third-order valence-corrected chi connectivity index (χ3v) is 5.66. The smallest absolute Gasteiger partial charge is 0.416 e. The molecule has 1 aliphatic rings. The molecule has 1 saturated heterocycles. The average molecular weight is 462 g/mol. The number of carbonyl (C=O) groups is 1. The molecule has 0 saturated carbocycles. The SMILES string of the molecule is CC(C)(C)N1C[C@H](NC(=O)c2ncc(-c3cccc(C(F)(F)F)c3)o2)C[C@H]1Cn1ccnn1. The molecule has 0 aliphatic carbocycles. The standard InChI is InChI=1S/C22H25F3N6O2/c1-21(2,3)31-12-16(10-17(31)13-30-8-7-27-29-30)28-19(32)20-26-11-18(33-20)14-5-4-6-15(9-14)22(23,24)25/h4-9,11,16-17H,10,12-13H2,1-3H3,(H,28,32)/t16-,17+/m1/s1. The summed E-state index contributed by atoms with van der Waals surface area (Å²) in [6.45, 7) is 7.61. The molecule has 0 spiro atoms. The number of carbonyl (C=O) groups excluding carboxylic acids is 1. The van der Waals surface area contributed by atoms with Crippen LogP contribution < -0.4 is 5.32 Å². The molecule has 1 fully saturated rings. The fourth-order valence-electron chi connectivity index (χ4n) is 4.17. The highest BCUT2D eigenvalue weighted by atomic mass is 19.4. The van der Waals surface area contributed by atoms with Crippen LogP contribution in [-0.4, -0.2) is 55.0 Å². The van der Waals surface area contributed by atoms with Crippen molar-refractivity contribution in [1.82, 2.24) is 30.2 Å². The maximum absolute atomic E-state index is 13.0. The van der Waals surface area contributed by atoms with E-state index in [1.54, 1.807) is 17.1 Å². The first kappa shape index (κ1) is 23.0. The average Bonchev–Trinajstić information content (AvgIpc) is 3.48. The summed E-state index contributed by atoms with van der Waals surface area (Å²) in [7, 11) is 0. The first-order valence-electron chi connectivity index (χ1n) is 10.6. The van der Waals surface area contributed by atoms with E-state index in [2.05, 4.69) is 46.3 Å². The number of likely N-dealkylation sites (tertiary alicyclic amines) is 1. The second-order valence-corrected chi connectivity index (χ2v) is 9.12. The number of rotatable bonds is 5. The predicted octanol–water partition coefficient (Wildman–Crippen LogP) is 3.62. The summed E-state index contributed by atoms with van der Waals surface area (Å²) in [5.41, 5.74) is -0.720. The van der Waals surface area contributed by atoms with E-state index in [1.807, 2.05) is 0 Å². The van der Waals surface area contributed by atoms with Gasteiger partial charge < -0.3 is 9.73 Å². The van der Waals surface area contributed by atoms with Gasteiger partial charge in [0.25, 0.3) is 5.89 Å². The minimum Gasteiger partial charge on any atom is -0.432 e.